The van der Waals surface area contributed by atoms with Crippen molar-refractivity contribution in [3.63, 3.8) is 0 Å². The van der Waals surface area contributed by atoms with Crippen LogP contribution in [0.5, 0.6) is 0 Å². The largest absolute Gasteiger partial charge is 0.480 e. The maximum atomic E-state index is 11.2. The molecule has 0 aromatic heterocycles. The molecule has 1 aromatic carbocycles. The molecule has 1 aromatic rings. The first-order valence-electron chi connectivity index (χ1n) is 6.55. The van der Waals surface area contributed by atoms with Crippen molar-refractivity contribution in [1.82, 2.24) is 0 Å². The van der Waals surface area contributed by atoms with E-state index in [1.54, 1.807) is 11.0 Å². The van der Waals surface area contributed by atoms with Crippen LogP contribution >= 0.6 is 0 Å². The molecule has 0 saturated heterocycles. The van der Waals surface area contributed by atoms with E-state index >= 15 is 0 Å². The summed E-state index contributed by atoms with van der Waals surface area (Å²) >= 11 is 0. The van der Waals surface area contributed by atoms with Gasteiger partial charge in [0.05, 0.1) is 4.92 Å². The monoisotopic (exact) mass is 279 g/mol. The van der Waals surface area contributed by atoms with Crippen molar-refractivity contribution in [2.45, 2.75) is 19.8 Å². The highest BCUT2D eigenvalue weighted by molar-refractivity contribution is 5.82. The van der Waals surface area contributed by atoms with Gasteiger partial charge >= 0.3 is 5.97 Å². The number of anilines is 2. The van der Waals surface area contributed by atoms with Gasteiger partial charge < -0.3 is 15.3 Å². The molecule has 1 aliphatic rings. The summed E-state index contributed by atoms with van der Waals surface area (Å²) in [6, 6.07) is 3.13. The van der Waals surface area contributed by atoms with Crippen LogP contribution in [0.15, 0.2) is 12.1 Å². The average Bonchev–Trinajstić information content (AvgIpc) is 2.84. The minimum atomic E-state index is -0.990. The molecule has 0 fully saturated rings. The Morgan fingerprint density at radius 1 is 1.55 bits per heavy atom. The molecule has 2 rings (SSSR count). The second-order valence-electron chi connectivity index (χ2n) is 4.71. The zero-order valence-corrected chi connectivity index (χ0v) is 11.3. The normalized spacial score (nSPS) is 12.7. The van der Waals surface area contributed by atoms with Crippen LogP contribution in [-0.2, 0) is 11.2 Å². The van der Waals surface area contributed by atoms with Gasteiger partial charge in [-0.25, -0.2) is 0 Å². The van der Waals surface area contributed by atoms with Crippen LogP contribution in [0.4, 0.5) is 17.1 Å². The predicted octanol–water partition coefficient (Wildman–Crippen LogP) is 1.86. The van der Waals surface area contributed by atoms with Gasteiger partial charge in [0.1, 0.15) is 12.2 Å². The predicted molar refractivity (Wildman–Crippen MR) is 75.4 cm³/mol. The van der Waals surface area contributed by atoms with Crippen molar-refractivity contribution in [3.05, 3.63) is 27.8 Å². The summed E-state index contributed by atoms with van der Waals surface area (Å²) < 4.78 is 0. The van der Waals surface area contributed by atoms with Crippen LogP contribution in [0, 0.1) is 10.1 Å². The van der Waals surface area contributed by atoms with Gasteiger partial charge in [-0.2, -0.15) is 0 Å². The number of benzene rings is 1. The number of aliphatic carboxylic acids is 1. The van der Waals surface area contributed by atoms with Crippen molar-refractivity contribution >= 4 is 23.0 Å². The number of carboxylic acids is 1. The summed E-state index contributed by atoms with van der Waals surface area (Å²) in [5.74, 6) is -0.990. The zero-order chi connectivity index (χ0) is 14.7. The van der Waals surface area contributed by atoms with E-state index in [1.807, 2.05) is 6.92 Å². The molecule has 0 saturated carbocycles. The topological polar surface area (TPSA) is 95.7 Å². The van der Waals surface area contributed by atoms with Gasteiger partial charge in [0.15, 0.2) is 0 Å². The Morgan fingerprint density at radius 2 is 2.30 bits per heavy atom. The summed E-state index contributed by atoms with van der Waals surface area (Å²) in [6.45, 7) is 2.88. The minimum Gasteiger partial charge on any atom is -0.480 e. The lowest BCUT2D eigenvalue weighted by Gasteiger charge is -2.24. The molecule has 0 amide bonds. The molecule has 0 atom stereocenters. The highest BCUT2D eigenvalue weighted by Crippen LogP contribution is 2.39. The molecule has 0 bridgehead atoms. The third-order valence-electron chi connectivity index (χ3n) is 3.28. The van der Waals surface area contributed by atoms with Gasteiger partial charge in [0, 0.05) is 30.4 Å². The fourth-order valence-corrected chi connectivity index (χ4v) is 2.57. The number of nitrogens with one attached hydrogen (secondary N) is 1. The summed E-state index contributed by atoms with van der Waals surface area (Å²) in [7, 11) is 0. The van der Waals surface area contributed by atoms with E-state index in [4.69, 9.17) is 5.11 Å². The minimum absolute atomic E-state index is 0.0258. The fourth-order valence-electron chi connectivity index (χ4n) is 2.57. The van der Waals surface area contributed by atoms with Gasteiger partial charge in [-0.3, -0.25) is 14.9 Å². The number of carboxylic acid groups (broad SMARTS) is 1. The van der Waals surface area contributed by atoms with Crippen LogP contribution in [0.1, 0.15) is 18.9 Å². The Bertz CT molecular complexity index is 545. The molecule has 2 N–H and O–H groups in total. The lowest BCUT2D eigenvalue weighted by molar-refractivity contribution is -0.384. The van der Waals surface area contributed by atoms with Gasteiger partial charge in [0.25, 0.3) is 5.69 Å². The summed E-state index contributed by atoms with van der Waals surface area (Å²) in [5.41, 5.74) is 2.12. The quantitative estimate of drug-likeness (QED) is 0.609. The third kappa shape index (κ3) is 2.66. The van der Waals surface area contributed by atoms with Gasteiger partial charge in [-0.05, 0) is 18.9 Å². The number of hydrogen-bond donors (Lipinski definition) is 2. The SMILES string of the molecule is CCCN(CC(=O)O)c1c([N+](=O)[O-])ccc2c1CCN2. The van der Waals surface area contributed by atoms with Crippen molar-refractivity contribution in [2.24, 2.45) is 0 Å². The lowest BCUT2D eigenvalue weighted by atomic mass is 10.1. The van der Waals surface area contributed by atoms with Gasteiger partial charge in [-0.1, -0.05) is 6.92 Å². The summed E-state index contributed by atoms with van der Waals surface area (Å²) in [5, 5.41) is 23.4. The number of nitro benzene ring substituents is 1. The number of hydrogen-bond acceptors (Lipinski definition) is 5. The number of nitro groups is 1. The first-order valence-corrected chi connectivity index (χ1v) is 6.55. The van der Waals surface area contributed by atoms with Crippen molar-refractivity contribution in [3.8, 4) is 0 Å². The number of rotatable bonds is 6. The van der Waals surface area contributed by atoms with E-state index in [1.165, 1.54) is 6.07 Å². The van der Waals surface area contributed by atoms with Crippen molar-refractivity contribution in [1.29, 1.82) is 0 Å². The number of carbonyl (C=O) groups is 1. The van der Waals surface area contributed by atoms with Gasteiger partial charge in [0.2, 0.25) is 0 Å². The number of fused-ring (bicyclic) bond motifs is 1. The molecule has 7 heteroatoms. The summed E-state index contributed by atoms with van der Waals surface area (Å²) in [6.07, 6.45) is 1.40. The maximum Gasteiger partial charge on any atom is 0.323 e. The summed E-state index contributed by atoms with van der Waals surface area (Å²) in [4.78, 5) is 23.4. The Labute approximate surface area is 116 Å². The molecule has 0 radical (unpaired) electrons. The first-order chi connectivity index (χ1) is 9.54. The van der Waals surface area contributed by atoms with Crippen LogP contribution in [0.25, 0.3) is 0 Å². The highest BCUT2D eigenvalue weighted by Gasteiger charge is 2.28. The first kappa shape index (κ1) is 14.1. The van der Waals surface area contributed by atoms with Crippen molar-refractivity contribution < 1.29 is 14.8 Å². The standard InChI is InChI=1S/C13H17N3O4/c1-2-7-15(8-12(17)18)13-9-5-6-14-10(9)3-4-11(13)16(19)20/h3-4,14H,2,5-8H2,1H3,(H,17,18). The smallest absolute Gasteiger partial charge is 0.323 e. The lowest BCUT2D eigenvalue weighted by Crippen LogP contribution is -2.31. The third-order valence-corrected chi connectivity index (χ3v) is 3.28. The van der Waals surface area contributed by atoms with Crippen LogP contribution in [0.2, 0.25) is 0 Å². The molecule has 1 aliphatic heterocycles. The molecular formula is C13H17N3O4. The molecule has 0 unspecified atom stereocenters. The van der Waals surface area contributed by atoms with Crippen LogP contribution < -0.4 is 10.2 Å². The average molecular weight is 279 g/mol. The Kier molecular flexibility index (Phi) is 4.07. The van der Waals surface area contributed by atoms with E-state index in [0.29, 0.717) is 18.7 Å². The van der Waals surface area contributed by atoms with Crippen LogP contribution in [0.3, 0.4) is 0 Å². The molecular weight excluding hydrogens is 262 g/mol. The maximum absolute atomic E-state index is 11.2. The van der Waals surface area contributed by atoms with E-state index in [-0.39, 0.29) is 12.2 Å². The Morgan fingerprint density at radius 3 is 2.90 bits per heavy atom. The van der Waals surface area contributed by atoms with Crippen LogP contribution in [-0.4, -0.2) is 35.6 Å². The second kappa shape index (κ2) is 5.77. The highest BCUT2D eigenvalue weighted by atomic mass is 16.6. The van der Waals surface area contributed by atoms with Gasteiger partial charge in [-0.15, -0.1) is 0 Å². The Hall–Kier alpha value is -2.31. The molecule has 1 heterocycles. The Balaban J connectivity index is 2.53. The molecule has 0 spiro atoms. The molecule has 7 nitrogen and oxygen atoms in total. The fraction of sp³-hybridized carbons (Fsp3) is 0.462. The molecule has 0 aliphatic carbocycles. The van der Waals surface area contributed by atoms with E-state index in [2.05, 4.69) is 5.32 Å². The number of nitrogens with zero attached hydrogens (tertiary/aromatic N) is 2. The zero-order valence-electron chi connectivity index (χ0n) is 11.3. The second-order valence-corrected chi connectivity index (χ2v) is 4.71. The van der Waals surface area contributed by atoms with E-state index in [0.717, 1.165) is 24.2 Å². The molecule has 108 valence electrons. The van der Waals surface area contributed by atoms with Crippen molar-refractivity contribution in [2.75, 3.05) is 29.9 Å². The molecule has 20 heavy (non-hydrogen) atoms. The van der Waals surface area contributed by atoms with E-state index < -0.39 is 10.9 Å². The van der Waals surface area contributed by atoms with E-state index in [9.17, 15) is 14.9 Å².